The van der Waals surface area contributed by atoms with Crippen molar-refractivity contribution in [3.8, 4) is 0 Å². The van der Waals surface area contributed by atoms with Crippen LogP contribution in [0.5, 0.6) is 0 Å². The third-order valence-corrected chi connectivity index (χ3v) is 3.57. The average Bonchev–Trinajstić information content (AvgIpc) is 2.42. The highest BCUT2D eigenvalue weighted by Crippen LogP contribution is 2.11. The molecule has 1 amide bonds. The molecule has 0 aromatic heterocycles. The topological polar surface area (TPSA) is 75.4 Å². The van der Waals surface area contributed by atoms with Crippen molar-refractivity contribution in [1.82, 2.24) is 4.90 Å². The number of carbonyl (C=O) groups excluding carboxylic acids is 2. The fourth-order valence-electron chi connectivity index (χ4n) is 2.30. The van der Waals surface area contributed by atoms with Crippen molar-refractivity contribution in [3.63, 3.8) is 0 Å². The van der Waals surface area contributed by atoms with Crippen molar-refractivity contribution in [2.45, 2.75) is 25.8 Å². The third-order valence-electron chi connectivity index (χ3n) is 3.57. The first-order valence-corrected chi connectivity index (χ1v) is 6.93. The minimum Gasteiger partial charge on any atom is -0.328 e. The van der Waals surface area contributed by atoms with Crippen LogP contribution < -0.4 is 11.1 Å². The maximum atomic E-state index is 11.9. The van der Waals surface area contributed by atoms with Crippen molar-refractivity contribution in [2.75, 3.05) is 25.0 Å². The summed E-state index contributed by atoms with van der Waals surface area (Å²) in [5, 5.41) is 2.84. The molecule has 108 valence electrons. The summed E-state index contributed by atoms with van der Waals surface area (Å²) < 4.78 is 0. The van der Waals surface area contributed by atoms with Gasteiger partial charge in [-0.25, -0.2) is 0 Å². The van der Waals surface area contributed by atoms with Gasteiger partial charge in [0.2, 0.25) is 5.91 Å². The van der Waals surface area contributed by atoms with Gasteiger partial charge in [-0.15, -0.1) is 0 Å². The molecular weight excluding hydrogens is 254 g/mol. The van der Waals surface area contributed by atoms with Crippen LogP contribution in [0, 0.1) is 0 Å². The van der Waals surface area contributed by atoms with Gasteiger partial charge in [0.15, 0.2) is 5.78 Å². The number of anilines is 1. The third kappa shape index (κ3) is 4.15. The van der Waals surface area contributed by atoms with Gasteiger partial charge in [0.05, 0.1) is 6.54 Å². The molecule has 1 heterocycles. The monoisotopic (exact) mass is 275 g/mol. The van der Waals surface area contributed by atoms with E-state index in [2.05, 4.69) is 10.2 Å². The smallest absolute Gasteiger partial charge is 0.238 e. The average molecular weight is 275 g/mol. The minimum atomic E-state index is -0.0314. The summed E-state index contributed by atoms with van der Waals surface area (Å²) in [5.41, 5.74) is 7.20. The van der Waals surface area contributed by atoms with E-state index < -0.39 is 0 Å². The zero-order valence-electron chi connectivity index (χ0n) is 11.8. The summed E-state index contributed by atoms with van der Waals surface area (Å²) in [5.74, 6) is -0.0106. The van der Waals surface area contributed by atoms with Gasteiger partial charge in [0.1, 0.15) is 0 Å². The number of nitrogens with zero attached hydrogens (tertiary/aromatic N) is 1. The Balaban J connectivity index is 1.83. The van der Waals surface area contributed by atoms with Crippen LogP contribution in [0.3, 0.4) is 0 Å². The Bertz CT molecular complexity index is 476. The summed E-state index contributed by atoms with van der Waals surface area (Å²) in [7, 11) is 0. The Labute approximate surface area is 119 Å². The number of Topliss-reactive ketones (excluding diaryl/α,β-unsaturated/α-hetero) is 1. The maximum absolute atomic E-state index is 11.9. The highest BCUT2D eigenvalue weighted by Gasteiger charge is 2.18. The Morgan fingerprint density at radius 3 is 2.40 bits per heavy atom. The number of ketones is 1. The predicted octanol–water partition coefficient (Wildman–Crippen LogP) is 1.25. The van der Waals surface area contributed by atoms with E-state index in [9.17, 15) is 9.59 Å². The van der Waals surface area contributed by atoms with Gasteiger partial charge in [-0.2, -0.15) is 0 Å². The molecule has 0 aliphatic carbocycles. The molecule has 0 bridgehead atoms. The van der Waals surface area contributed by atoms with Crippen molar-refractivity contribution in [2.24, 2.45) is 5.73 Å². The number of likely N-dealkylation sites (tertiary alicyclic amines) is 1. The van der Waals surface area contributed by atoms with Crippen LogP contribution in [0.2, 0.25) is 0 Å². The molecule has 20 heavy (non-hydrogen) atoms. The molecule has 1 aliphatic heterocycles. The quantitative estimate of drug-likeness (QED) is 0.811. The fourth-order valence-corrected chi connectivity index (χ4v) is 2.30. The van der Waals surface area contributed by atoms with Crippen LogP contribution in [0.4, 0.5) is 5.69 Å². The van der Waals surface area contributed by atoms with Crippen LogP contribution in [-0.4, -0.2) is 42.3 Å². The standard InChI is InChI=1S/C15H21N3O2/c1-11(19)12-2-4-14(5-3-12)17-15(20)10-18-8-6-13(16)7-9-18/h2-5,13H,6-10,16H2,1H3,(H,17,20). The van der Waals surface area contributed by atoms with Gasteiger partial charge in [-0.3, -0.25) is 14.5 Å². The second kappa shape index (κ2) is 6.63. The van der Waals surface area contributed by atoms with Crippen LogP contribution >= 0.6 is 0 Å². The molecular formula is C15H21N3O2. The lowest BCUT2D eigenvalue weighted by Gasteiger charge is -2.29. The lowest BCUT2D eigenvalue weighted by atomic mass is 10.1. The van der Waals surface area contributed by atoms with Crippen molar-refractivity contribution in [1.29, 1.82) is 0 Å². The van der Waals surface area contributed by atoms with E-state index in [0.717, 1.165) is 25.9 Å². The first kappa shape index (κ1) is 14.7. The van der Waals surface area contributed by atoms with E-state index in [1.165, 1.54) is 6.92 Å². The van der Waals surface area contributed by atoms with E-state index in [1.54, 1.807) is 24.3 Å². The molecule has 0 atom stereocenters. The predicted molar refractivity (Wildman–Crippen MR) is 78.7 cm³/mol. The Morgan fingerprint density at radius 2 is 1.85 bits per heavy atom. The molecule has 1 aromatic carbocycles. The van der Waals surface area contributed by atoms with Crippen LogP contribution in [0.1, 0.15) is 30.1 Å². The molecule has 5 nitrogen and oxygen atoms in total. The van der Waals surface area contributed by atoms with Crippen LogP contribution in [0.25, 0.3) is 0 Å². The van der Waals surface area contributed by atoms with E-state index in [-0.39, 0.29) is 17.7 Å². The fraction of sp³-hybridized carbons (Fsp3) is 0.467. The molecule has 0 spiro atoms. The summed E-state index contributed by atoms with van der Waals surface area (Å²) in [6.45, 7) is 3.66. The summed E-state index contributed by atoms with van der Waals surface area (Å²) in [4.78, 5) is 25.2. The van der Waals surface area contributed by atoms with Gasteiger partial charge in [-0.05, 0) is 44.0 Å². The zero-order valence-corrected chi connectivity index (χ0v) is 11.8. The first-order chi connectivity index (χ1) is 9.54. The minimum absolute atomic E-state index is 0.0209. The second-order valence-corrected chi connectivity index (χ2v) is 5.30. The number of amides is 1. The molecule has 0 unspecified atom stereocenters. The summed E-state index contributed by atoms with van der Waals surface area (Å²) in [6, 6.07) is 7.21. The molecule has 3 N–H and O–H groups in total. The van der Waals surface area contributed by atoms with Crippen LogP contribution in [0.15, 0.2) is 24.3 Å². The molecule has 0 saturated carbocycles. The number of benzene rings is 1. The zero-order chi connectivity index (χ0) is 14.5. The molecule has 0 radical (unpaired) electrons. The highest BCUT2D eigenvalue weighted by atomic mass is 16.2. The molecule has 1 saturated heterocycles. The largest absolute Gasteiger partial charge is 0.328 e. The normalized spacial score (nSPS) is 16.9. The van der Waals surface area contributed by atoms with Crippen molar-refractivity contribution in [3.05, 3.63) is 29.8 Å². The van der Waals surface area contributed by atoms with E-state index in [1.807, 2.05) is 0 Å². The lowest BCUT2D eigenvalue weighted by molar-refractivity contribution is -0.117. The highest BCUT2D eigenvalue weighted by molar-refractivity contribution is 5.96. The van der Waals surface area contributed by atoms with Gasteiger partial charge in [-0.1, -0.05) is 0 Å². The Morgan fingerprint density at radius 1 is 1.25 bits per heavy atom. The molecule has 1 aromatic rings. The number of piperidine rings is 1. The van der Waals surface area contributed by atoms with E-state index >= 15 is 0 Å². The van der Waals surface area contributed by atoms with E-state index in [4.69, 9.17) is 5.73 Å². The number of nitrogens with two attached hydrogens (primary N) is 1. The summed E-state index contributed by atoms with van der Waals surface area (Å²) in [6.07, 6.45) is 1.89. The summed E-state index contributed by atoms with van der Waals surface area (Å²) >= 11 is 0. The van der Waals surface area contributed by atoms with Crippen molar-refractivity contribution >= 4 is 17.4 Å². The number of hydrogen-bond donors (Lipinski definition) is 2. The second-order valence-electron chi connectivity index (χ2n) is 5.30. The molecule has 2 rings (SSSR count). The van der Waals surface area contributed by atoms with Gasteiger partial charge < -0.3 is 11.1 Å². The van der Waals surface area contributed by atoms with E-state index in [0.29, 0.717) is 17.8 Å². The van der Waals surface area contributed by atoms with Gasteiger partial charge in [0, 0.05) is 30.4 Å². The number of nitrogens with one attached hydrogen (secondary N) is 1. The number of carbonyl (C=O) groups is 2. The first-order valence-electron chi connectivity index (χ1n) is 6.93. The van der Waals surface area contributed by atoms with Crippen LogP contribution in [-0.2, 0) is 4.79 Å². The Kier molecular flexibility index (Phi) is 4.87. The Hall–Kier alpha value is -1.72. The SMILES string of the molecule is CC(=O)c1ccc(NC(=O)CN2CCC(N)CC2)cc1. The maximum Gasteiger partial charge on any atom is 0.238 e. The van der Waals surface area contributed by atoms with Crippen molar-refractivity contribution < 1.29 is 9.59 Å². The van der Waals surface area contributed by atoms with Gasteiger partial charge in [0.25, 0.3) is 0 Å². The van der Waals surface area contributed by atoms with Gasteiger partial charge >= 0.3 is 0 Å². The number of rotatable bonds is 4. The molecule has 1 fully saturated rings. The molecule has 1 aliphatic rings. The molecule has 5 heteroatoms. The number of hydrogen-bond acceptors (Lipinski definition) is 4. The lowest BCUT2D eigenvalue weighted by Crippen LogP contribution is -2.43.